The first-order valence-corrected chi connectivity index (χ1v) is 5.45. The number of halogens is 1. The van der Waals surface area contributed by atoms with Gasteiger partial charge in [0.25, 0.3) is 0 Å². The summed E-state index contributed by atoms with van der Waals surface area (Å²) < 4.78 is 0. The molecule has 0 N–H and O–H groups in total. The second-order valence-corrected chi connectivity index (χ2v) is 4.21. The molecular formula is C13H10ClN. The molecular weight excluding hydrogens is 206 g/mol. The predicted octanol–water partition coefficient (Wildman–Crippen LogP) is 3.50. The van der Waals surface area contributed by atoms with Gasteiger partial charge in [0.05, 0.1) is 0 Å². The van der Waals surface area contributed by atoms with Crippen LogP contribution in [0.4, 0.5) is 0 Å². The molecule has 2 aromatic rings. The molecule has 2 heteroatoms. The van der Waals surface area contributed by atoms with Crippen LogP contribution in [0, 0.1) is 0 Å². The van der Waals surface area contributed by atoms with Gasteiger partial charge >= 0.3 is 0 Å². The Labute approximate surface area is 93.7 Å². The van der Waals surface area contributed by atoms with Gasteiger partial charge in [0.2, 0.25) is 0 Å². The van der Waals surface area contributed by atoms with E-state index in [2.05, 4.69) is 29.2 Å². The van der Waals surface area contributed by atoms with Crippen molar-refractivity contribution in [3.63, 3.8) is 0 Å². The van der Waals surface area contributed by atoms with Gasteiger partial charge < -0.3 is 0 Å². The molecule has 1 heterocycles. The summed E-state index contributed by atoms with van der Waals surface area (Å²) in [4.78, 5) is 4.13. The highest BCUT2D eigenvalue weighted by atomic mass is 35.5. The Kier molecular flexibility index (Phi) is 2.00. The lowest BCUT2D eigenvalue weighted by Gasteiger charge is -2.19. The fourth-order valence-electron chi connectivity index (χ4n) is 2.18. The molecule has 1 nitrogen and oxygen atoms in total. The molecule has 3 rings (SSSR count). The molecule has 1 aromatic heterocycles. The number of hydrogen-bond donors (Lipinski definition) is 0. The normalized spacial score (nSPS) is 13.1. The zero-order valence-electron chi connectivity index (χ0n) is 8.20. The molecule has 0 fully saturated rings. The van der Waals surface area contributed by atoms with Crippen LogP contribution in [-0.4, -0.2) is 4.98 Å². The minimum Gasteiger partial charge on any atom is -0.244 e. The smallest absolute Gasteiger partial charge is 0.129 e. The Morgan fingerprint density at radius 1 is 1.00 bits per heavy atom. The van der Waals surface area contributed by atoms with E-state index in [0.29, 0.717) is 5.15 Å². The summed E-state index contributed by atoms with van der Waals surface area (Å²) in [5.74, 6) is 0. The van der Waals surface area contributed by atoms with E-state index in [1.54, 1.807) is 0 Å². The summed E-state index contributed by atoms with van der Waals surface area (Å²) in [6, 6.07) is 10.5. The second-order valence-electron chi connectivity index (χ2n) is 3.82. The molecule has 1 aliphatic carbocycles. The third-order valence-corrected chi connectivity index (χ3v) is 3.13. The Morgan fingerprint density at radius 2 is 1.80 bits per heavy atom. The van der Waals surface area contributed by atoms with E-state index < -0.39 is 0 Å². The largest absolute Gasteiger partial charge is 0.244 e. The summed E-state index contributed by atoms with van der Waals surface area (Å²) >= 11 is 5.93. The average molecular weight is 216 g/mol. The lowest BCUT2D eigenvalue weighted by atomic mass is 9.87. The topological polar surface area (TPSA) is 12.9 Å². The van der Waals surface area contributed by atoms with Crippen molar-refractivity contribution in [1.82, 2.24) is 4.98 Å². The van der Waals surface area contributed by atoms with Crippen LogP contribution in [0.5, 0.6) is 0 Å². The zero-order valence-corrected chi connectivity index (χ0v) is 8.96. The lowest BCUT2D eigenvalue weighted by Crippen LogP contribution is -2.04. The van der Waals surface area contributed by atoms with E-state index in [1.165, 1.54) is 22.3 Å². The molecule has 0 saturated carbocycles. The first-order chi connectivity index (χ1) is 7.34. The SMILES string of the molecule is Clc1cc2c(cn1)CCc1ccccc1-2. The predicted molar refractivity (Wildman–Crippen MR) is 62.1 cm³/mol. The highest BCUT2D eigenvalue weighted by Crippen LogP contribution is 2.33. The molecule has 0 saturated heterocycles. The summed E-state index contributed by atoms with van der Waals surface area (Å²) in [6.07, 6.45) is 4.07. The molecule has 74 valence electrons. The van der Waals surface area contributed by atoms with Crippen LogP contribution in [0.25, 0.3) is 11.1 Å². The van der Waals surface area contributed by atoms with Gasteiger partial charge in [-0.1, -0.05) is 35.9 Å². The van der Waals surface area contributed by atoms with Gasteiger partial charge in [-0.25, -0.2) is 4.98 Å². The molecule has 15 heavy (non-hydrogen) atoms. The van der Waals surface area contributed by atoms with Gasteiger partial charge in [-0.2, -0.15) is 0 Å². The summed E-state index contributed by atoms with van der Waals surface area (Å²) in [5.41, 5.74) is 5.27. The molecule has 0 unspecified atom stereocenters. The zero-order chi connectivity index (χ0) is 10.3. The van der Waals surface area contributed by atoms with Gasteiger partial charge in [0.1, 0.15) is 5.15 Å². The average Bonchev–Trinajstić information content (AvgIpc) is 2.29. The number of rotatable bonds is 0. The highest BCUT2D eigenvalue weighted by Gasteiger charge is 2.15. The van der Waals surface area contributed by atoms with Crippen LogP contribution < -0.4 is 0 Å². The first-order valence-electron chi connectivity index (χ1n) is 5.07. The van der Waals surface area contributed by atoms with Crippen molar-refractivity contribution in [2.24, 2.45) is 0 Å². The minimum atomic E-state index is 0.574. The molecule has 0 radical (unpaired) electrons. The molecule has 0 aliphatic heterocycles. The van der Waals surface area contributed by atoms with Crippen LogP contribution >= 0.6 is 11.6 Å². The fourth-order valence-corrected chi connectivity index (χ4v) is 2.34. The fraction of sp³-hybridized carbons (Fsp3) is 0.154. The monoisotopic (exact) mass is 215 g/mol. The number of hydrogen-bond acceptors (Lipinski definition) is 1. The minimum absolute atomic E-state index is 0.574. The van der Waals surface area contributed by atoms with Crippen molar-refractivity contribution in [2.75, 3.05) is 0 Å². The van der Waals surface area contributed by atoms with Crippen LogP contribution in [0.15, 0.2) is 36.5 Å². The number of benzene rings is 1. The van der Waals surface area contributed by atoms with E-state index in [9.17, 15) is 0 Å². The third-order valence-electron chi connectivity index (χ3n) is 2.92. The van der Waals surface area contributed by atoms with E-state index in [4.69, 9.17) is 11.6 Å². The molecule has 0 bridgehead atoms. The molecule has 0 spiro atoms. The van der Waals surface area contributed by atoms with Crippen LogP contribution in [0.1, 0.15) is 11.1 Å². The van der Waals surface area contributed by atoms with Gasteiger partial charge in [0, 0.05) is 6.20 Å². The van der Waals surface area contributed by atoms with E-state index in [1.807, 2.05) is 12.3 Å². The molecule has 0 amide bonds. The number of pyridine rings is 1. The first kappa shape index (κ1) is 8.93. The standard InChI is InChI=1S/C13H10ClN/c14-13-7-12-10(8-15-13)6-5-9-3-1-2-4-11(9)12/h1-4,7-8H,5-6H2. The van der Waals surface area contributed by atoms with Crippen molar-refractivity contribution in [3.05, 3.63) is 52.8 Å². The Morgan fingerprint density at radius 3 is 2.73 bits per heavy atom. The maximum Gasteiger partial charge on any atom is 0.129 e. The Bertz CT molecular complexity index is 520. The Hall–Kier alpha value is -1.34. The van der Waals surface area contributed by atoms with Crippen molar-refractivity contribution < 1.29 is 0 Å². The highest BCUT2D eigenvalue weighted by molar-refractivity contribution is 6.29. The maximum atomic E-state index is 5.93. The van der Waals surface area contributed by atoms with Gasteiger partial charge in [-0.3, -0.25) is 0 Å². The van der Waals surface area contributed by atoms with Crippen LogP contribution in [0.2, 0.25) is 5.15 Å². The number of aryl methyl sites for hydroxylation is 2. The Balaban J connectivity index is 2.28. The second kappa shape index (κ2) is 3.35. The summed E-state index contributed by atoms with van der Waals surface area (Å²) in [7, 11) is 0. The quantitative estimate of drug-likeness (QED) is 0.613. The van der Waals surface area contributed by atoms with Crippen LogP contribution in [0.3, 0.4) is 0 Å². The van der Waals surface area contributed by atoms with Crippen molar-refractivity contribution >= 4 is 11.6 Å². The molecule has 0 atom stereocenters. The lowest BCUT2D eigenvalue weighted by molar-refractivity contribution is 0.931. The van der Waals surface area contributed by atoms with Crippen molar-refractivity contribution in [3.8, 4) is 11.1 Å². The van der Waals surface area contributed by atoms with Crippen LogP contribution in [-0.2, 0) is 12.8 Å². The number of aromatic nitrogens is 1. The van der Waals surface area contributed by atoms with E-state index >= 15 is 0 Å². The third kappa shape index (κ3) is 1.44. The van der Waals surface area contributed by atoms with Gasteiger partial charge in [0.15, 0.2) is 0 Å². The molecule has 1 aliphatic rings. The van der Waals surface area contributed by atoms with E-state index in [0.717, 1.165) is 12.8 Å². The van der Waals surface area contributed by atoms with E-state index in [-0.39, 0.29) is 0 Å². The van der Waals surface area contributed by atoms with Crippen molar-refractivity contribution in [1.29, 1.82) is 0 Å². The number of nitrogens with zero attached hydrogens (tertiary/aromatic N) is 1. The summed E-state index contributed by atoms with van der Waals surface area (Å²) in [6.45, 7) is 0. The van der Waals surface area contributed by atoms with Crippen molar-refractivity contribution in [2.45, 2.75) is 12.8 Å². The van der Waals surface area contributed by atoms with Gasteiger partial charge in [-0.05, 0) is 41.2 Å². The molecule has 1 aromatic carbocycles. The van der Waals surface area contributed by atoms with Gasteiger partial charge in [-0.15, -0.1) is 0 Å². The summed E-state index contributed by atoms with van der Waals surface area (Å²) in [5, 5.41) is 0.574. The number of fused-ring (bicyclic) bond motifs is 3. The maximum absolute atomic E-state index is 5.93.